The fourth-order valence-corrected chi connectivity index (χ4v) is 2.81. The lowest BCUT2D eigenvalue weighted by molar-refractivity contribution is -0.384. The van der Waals surface area contributed by atoms with Crippen LogP contribution in [0, 0.1) is 15.0 Å². The Morgan fingerprint density at radius 2 is 1.79 bits per heavy atom. The van der Waals surface area contributed by atoms with Gasteiger partial charge >= 0.3 is 0 Å². The number of nitrogens with zero attached hydrogens (tertiary/aromatic N) is 3. The highest BCUT2D eigenvalue weighted by molar-refractivity contribution is 5.87. The van der Waals surface area contributed by atoms with Gasteiger partial charge in [-0.15, -0.1) is 4.91 Å². The number of aliphatic imine (C=N–C) groups is 1. The molecule has 0 bridgehead atoms. The van der Waals surface area contributed by atoms with Gasteiger partial charge in [-0.05, 0) is 47.1 Å². The molecule has 0 amide bonds. The van der Waals surface area contributed by atoms with Gasteiger partial charge in [-0.2, -0.15) is 0 Å². The van der Waals surface area contributed by atoms with E-state index in [0.717, 1.165) is 6.07 Å². The third-order valence-electron chi connectivity index (χ3n) is 4.19. The second-order valence-corrected chi connectivity index (χ2v) is 6.07. The van der Waals surface area contributed by atoms with E-state index in [1.54, 1.807) is 30.3 Å². The molecule has 1 N–H and O–H groups in total. The summed E-state index contributed by atoms with van der Waals surface area (Å²) in [6.07, 6.45) is 1.48. The molecule has 3 aromatic carbocycles. The van der Waals surface area contributed by atoms with Crippen LogP contribution in [0.15, 0.2) is 70.8 Å². The second-order valence-electron chi connectivity index (χ2n) is 6.07. The summed E-state index contributed by atoms with van der Waals surface area (Å²) in [6, 6.07) is 16.8. The third-order valence-corrected chi connectivity index (χ3v) is 4.19. The van der Waals surface area contributed by atoms with Crippen molar-refractivity contribution in [2.45, 2.75) is 0 Å². The van der Waals surface area contributed by atoms with E-state index < -0.39 is 4.92 Å². The van der Waals surface area contributed by atoms with Crippen molar-refractivity contribution < 1.29 is 14.4 Å². The number of fused-ring (bicyclic) bond motifs is 1. The number of nitro benzene ring substituents is 1. The minimum absolute atomic E-state index is 0.0809. The van der Waals surface area contributed by atoms with Gasteiger partial charge in [-0.1, -0.05) is 18.2 Å². The maximum absolute atomic E-state index is 11.5. The SMILES string of the molecule is O=Nc1cc([N+](=O)[O-])c(N=Cc2ccc3c(c2)OCO3)cc1Nc1ccccc1. The number of hydrogen-bond acceptors (Lipinski definition) is 8. The van der Waals surface area contributed by atoms with Crippen LogP contribution in [0.4, 0.5) is 28.4 Å². The third kappa shape index (κ3) is 3.88. The van der Waals surface area contributed by atoms with Crippen molar-refractivity contribution in [3.05, 3.63) is 81.2 Å². The van der Waals surface area contributed by atoms with Crippen LogP contribution >= 0.6 is 0 Å². The minimum atomic E-state index is -0.604. The fraction of sp³-hybridized carbons (Fsp3) is 0.0500. The number of hydrogen-bond donors (Lipinski definition) is 1. The zero-order valence-electron chi connectivity index (χ0n) is 14.9. The normalized spacial score (nSPS) is 12.1. The van der Waals surface area contributed by atoms with Gasteiger partial charge in [-0.3, -0.25) is 10.1 Å². The van der Waals surface area contributed by atoms with Gasteiger partial charge < -0.3 is 14.8 Å². The molecule has 0 aromatic heterocycles. The van der Waals surface area contributed by atoms with Crippen LogP contribution < -0.4 is 14.8 Å². The fourth-order valence-electron chi connectivity index (χ4n) is 2.81. The van der Waals surface area contributed by atoms with E-state index >= 15 is 0 Å². The van der Waals surface area contributed by atoms with E-state index in [1.165, 1.54) is 12.3 Å². The predicted octanol–water partition coefficient (Wildman–Crippen LogP) is 5.22. The molecule has 1 aliphatic rings. The van der Waals surface area contributed by atoms with Crippen molar-refractivity contribution in [1.82, 2.24) is 0 Å². The van der Waals surface area contributed by atoms with Crippen molar-refractivity contribution in [3.63, 3.8) is 0 Å². The minimum Gasteiger partial charge on any atom is -0.454 e. The Bertz CT molecular complexity index is 1120. The smallest absolute Gasteiger partial charge is 0.297 e. The van der Waals surface area contributed by atoms with Crippen molar-refractivity contribution in [2.24, 2.45) is 10.2 Å². The Balaban J connectivity index is 1.71. The summed E-state index contributed by atoms with van der Waals surface area (Å²) in [6.45, 7) is 0.149. The highest BCUT2D eigenvalue weighted by atomic mass is 16.7. The summed E-state index contributed by atoms with van der Waals surface area (Å²) in [7, 11) is 0. The summed E-state index contributed by atoms with van der Waals surface area (Å²) >= 11 is 0. The molecule has 9 heteroatoms. The second kappa shape index (κ2) is 7.77. The molecule has 9 nitrogen and oxygen atoms in total. The van der Waals surface area contributed by atoms with Crippen LogP contribution in [-0.4, -0.2) is 17.9 Å². The van der Waals surface area contributed by atoms with E-state index in [-0.39, 0.29) is 23.9 Å². The first kappa shape index (κ1) is 18.1. The van der Waals surface area contributed by atoms with Gasteiger partial charge in [0.25, 0.3) is 5.69 Å². The van der Waals surface area contributed by atoms with Crippen LogP contribution in [0.5, 0.6) is 11.5 Å². The van der Waals surface area contributed by atoms with Crippen molar-refractivity contribution in [1.29, 1.82) is 0 Å². The summed E-state index contributed by atoms with van der Waals surface area (Å²) < 4.78 is 10.6. The predicted molar refractivity (Wildman–Crippen MR) is 108 cm³/mol. The van der Waals surface area contributed by atoms with Gasteiger partial charge in [0.2, 0.25) is 6.79 Å². The molecule has 4 rings (SSSR count). The maximum atomic E-state index is 11.5. The molecule has 144 valence electrons. The molecule has 29 heavy (non-hydrogen) atoms. The number of nitrogens with one attached hydrogen (secondary N) is 1. The summed E-state index contributed by atoms with van der Waals surface area (Å²) in [4.78, 5) is 26.3. The summed E-state index contributed by atoms with van der Waals surface area (Å²) in [5, 5.41) is 17.4. The Hall–Kier alpha value is -4.27. The van der Waals surface area contributed by atoms with E-state index in [9.17, 15) is 15.0 Å². The van der Waals surface area contributed by atoms with Gasteiger partial charge in [-0.25, -0.2) is 4.99 Å². The average Bonchev–Trinajstić information content (AvgIpc) is 3.20. The van der Waals surface area contributed by atoms with Crippen LogP contribution in [0.3, 0.4) is 0 Å². The molecule has 0 radical (unpaired) electrons. The van der Waals surface area contributed by atoms with Gasteiger partial charge in [0, 0.05) is 18.0 Å². The molecule has 0 atom stereocenters. The summed E-state index contributed by atoms with van der Waals surface area (Å²) in [5.74, 6) is 1.21. The topological polar surface area (TPSA) is 115 Å². The lowest BCUT2D eigenvalue weighted by atomic mass is 10.2. The molecular weight excluding hydrogens is 376 g/mol. The number of rotatable bonds is 6. The van der Waals surface area contributed by atoms with E-state index in [0.29, 0.717) is 28.4 Å². The van der Waals surface area contributed by atoms with Gasteiger partial charge in [0.05, 0.1) is 10.6 Å². The van der Waals surface area contributed by atoms with Crippen LogP contribution in [0.1, 0.15) is 5.56 Å². The highest BCUT2D eigenvalue weighted by Gasteiger charge is 2.19. The largest absolute Gasteiger partial charge is 0.454 e. The molecule has 1 heterocycles. The quantitative estimate of drug-likeness (QED) is 0.267. The summed E-state index contributed by atoms with van der Waals surface area (Å²) in [5.41, 5.74) is 1.38. The average molecular weight is 390 g/mol. The number of para-hydroxylation sites is 1. The molecular formula is C20H14N4O5. The molecule has 0 fully saturated rings. The Labute approximate surface area is 164 Å². The van der Waals surface area contributed by atoms with Crippen LogP contribution in [0.2, 0.25) is 0 Å². The number of nitro groups is 1. The van der Waals surface area contributed by atoms with Gasteiger partial charge in [0.15, 0.2) is 11.5 Å². The monoisotopic (exact) mass is 390 g/mol. The zero-order valence-corrected chi connectivity index (χ0v) is 14.9. The molecule has 0 saturated carbocycles. The van der Waals surface area contributed by atoms with Crippen molar-refractivity contribution >= 4 is 34.7 Å². The Kier molecular flexibility index (Phi) is 4.85. The van der Waals surface area contributed by atoms with Crippen LogP contribution in [-0.2, 0) is 0 Å². The molecule has 1 aliphatic heterocycles. The first-order valence-corrected chi connectivity index (χ1v) is 8.55. The van der Waals surface area contributed by atoms with Crippen molar-refractivity contribution in [3.8, 4) is 11.5 Å². The van der Waals surface area contributed by atoms with Gasteiger partial charge in [0.1, 0.15) is 11.4 Å². The van der Waals surface area contributed by atoms with Crippen LogP contribution in [0.25, 0.3) is 0 Å². The zero-order chi connectivity index (χ0) is 20.2. The lowest BCUT2D eigenvalue weighted by Crippen LogP contribution is -1.94. The number of benzene rings is 3. The number of nitroso groups, excluding NO2 is 1. The molecule has 0 aliphatic carbocycles. The number of anilines is 2. The van der Waals surface area contributed by atoms with E-state index in [1.807, 2.05) is 18.2 Å². The lowest BCUT2D eigenvalue weighted by Gasteiger charge is -2.09. The standard InChI is InChI=1S/C20H14N4O5/c25-23-16-10-18(24(26)27)17(9-15(16)22-14-4-2-1-3-5-14)21-11-13-6-7-19-20(8-13)29-12-28-19/h1-11,22H,12H2. The molecule has 3 aromatic rings. The van der Waals surface area contributed by atoms with Crippen molar-refractivity contribution in [2.75, 3.05) is 12.1 Å². The van der Waals surface area contributed by atoms with E-state index in [4.69, 9.17) is 9.47 Å². The number of ether oxygens (including phenoxy) is 2. The molecule has 0 saturated heterocycles. The highest BCUT2D eigenvalue weighted by Crippen LogP contribution is 2.39. The van der Waals surface area contributed by atoms with E-state index in [2.05, 4.69) is 15.5 Å². The Morgan fingerprint density at radius 1 is 1.00 bits per heavy atom. The first-order chi connectivity index (χ1) is 14.1. The maximum Gasteiger partial charge on any atom is 0.297 e. The molecule has 0 unspecified atom stereocenters. The Morgan fingerprint density at radius 3 is 2.55 bits per heavy atom. The molecule has 0 spiro atoms. The first-order valence-electron chi connectivity index (χ1n) is 8.55.